The monoisotopic (exact) mass is 331 g/mol. The molecule has 0 aliphatic heterocycles. The van der Waals surface area contributed by atoms with Crippen LogP contribution in [0.3, 0.4) is 0 Å². The minimum absolute atomic E-state index is 0.0198. The van der Waals surface area contributed by atoms with Crippen molar-refractivity contribution in [3.63, 3.8) is 0 Å². The quantitative estimate of drug-likeness (QED) is 0.434. The molecule has 0 radical (unpaired) electrons. The van der Waals surface area contributed by atoms with Crippen molar-refractivity contribution >= 4 is 12.1 Å². The van der Waals surface area contributed by atoms with Crippen LogP contribution >= 0.6 is 0 Å². The third kappa shape index (κ3) is 4.99. The molecule has 0 saturated heterocycles. The van der Waals surface area contributed by atoms with E-state index in [1.807, 2.05) is 6.07 Å². The van der Waals surface area contributed by atoms with Gasteiger partial charge in [-0.1, -0.05) is 36.4 Å². The predicted molar refractivity (Wildman–Crippen MR) is 84.2 cm³/mol. The van der Waals surface area contributed by atoms with E-state index < -0.39 is 18.2 Å². The Morgan fingerprint density at radius 2 is 1.71 bits per heavy atom. The van der Waals surface area contributed by atoms with Crippen molar-refractivity contribution in [2.75, 3.05) is 0 Å². The van der Waals surface area contributed by atoms with Crippen molar-refractivity contribution in [3.05, 3.63) is 59.7 Å². The summed E-state index contributed by atoms with van der Waals surface area (Å²) in [6.07, 6.45) is -1.11. The smallest absolute Gasteiger partial charge is 0.504 e. The van der Waals surface area contributed by atoms with Gasteiger partial charge in [0.2, 0.25) is 0 Å². The summed E-state index contributed by atoms with van der Waals surface area (Å²) in [6.45, 7) is -0.0198. The van der Waals surface area contributed by atoms with Crippen LogP contribution in [-0.4, -0.2) is 28.4 Å². The van der Waals surface area contributed by atoms with E-state index in [1.165, 1.54) is 18.2 Å². The number of ether oxygens (including phenoxy) is 2. The standard InChI is InChI=1S/C17H17NO6/c18-13(8-12-6-7-14(19)15(20)9-12)16(21)24-17(22)23-10-11-4-2-1-3-5-11/h1-7,9,13,19-20H,8,10,18H2. The van der Waals surface area contributed by atoms with Crippen molar-refractivity contribution < 1.29 is 29.3 Å². The molecule has 0 heterocycles. The summed E-state index contributed by atoms with van der Waals surface area (Å²) >= 11 is 0. The molecule has 2 aromatic rings. The van der Waals surface area contributed by atoms with Crippen LogP contribution in [0.4, 0.5) is 4.79 Å². The van der Waals surface area contributed by atoms with Crippen molar-refractivity contribution in [1.29, 1.82) is 0 Å². The van der Waals surface area contributed by atoms with Crippen LogP contribution in [0.15, 0.2) is 48.5 Å². The molecule has 2 rings (SSSR count). The normalized spacial score (nSPS) is 11.5. The van der Waals surface area contributed by atoms with Gasteiger partial charge in [0.1, 0.15) is 12.6 Å². The van der Waals surface area contributed by atoms with E-state index in [0.717, 1.165) is 5.56 Å². The Morgan fingerprint density at radius 3 is 2.38 bits per heavy atom. The van der Waals surface area contributed by atoms with Crippen molar-refractivity contribution in [3.8, 4) is 11.5 Å². The lowest BCUT2D eigenvalue weighted by Gasteiger charge is -2.11. The molecular formula is C17H17NO6. The SMILES string of the molecule is NC(Cc1ccc(O)c(O)c1)C(=O)OC(=O)OCc1ccccc1. The zero-order chi connectivity index (χ0) is 17.5. The number of hydrogen-bond donors (Lipinski definition) is 3. The van der Waals surface area contributed by atoms with Gasteiger partial charge in [-0.15, -0.1) is 0 Å². The third-order valence-electron chi connectivity index (χ3n) is 3.18. The van der Waals surface area contributed by atoms with Crippen molar-refractivity contribution in [2.24, 2.45) is 5.73 Å². The number of phenolic OH excluding ortho intramolecular Hbond substituents is 2. The van der Waals surface area contributed by atoms with Gasteiger partial charge in [0.15, 0.2) is 11.5 Å². The van der Waals surface area contributed by atoms with Crippen LogP contribution < -0.4 is 5.73 Å². The van der Waals surface area contributed by atoms with E-state index in [0.29, 0.717) is 5.56 Å². The molecule has 0 aliphatic carbocycles. The van der Waals surface area contributed by atoms with E-state index in [4.69, 9.17) is 10.5 Å². The first-order valence-electron chi connectivity index (χ1n) is 7.14. The fourth-order valence-electron chi connectivity index (χ4n) is 1.94. The van der Waals surface area contributed by atoms with E-state index in [9.17, 15) is 19.8 Å². The Kier molecular flexibility index (Phi) is 5.75. The predicted octanol–water partition coefficient (Wildman–Crippen LogP) is 1.85. The zero-order valence-corrected chi connectivity index (χ0v) is 12.7. The van der Waals surface area contributed by atoms with Crippen LogP contribution in [-0.2, 0) is 27.3 Å². The van der Waals surface area contributed by atoms with Gasteiger partial charge < -0.3 is 25.4 Å². The number of carbonyl (C=O) groups excluding carboxylic acids is 2. The molecule has 0 bridgehead atoms. The molecule has 2 aromatic carbocycles. The number of nitrogens with two attached hydrogens (primary N) is 1. The maximum atomic E-state index is 11.8. The van der Waals surface area contributed by atoms with Crippen molar-refractivity contribution in [2.45, 2.75) is 19.1 Å². The lowest BCUT2D eigenvalue weighted by Crippen LogP contribution is -2.35. The minimum atomic E-state index is -1.13. The summed E-state index contributed by atoms with van der Waals surface area (Å²) < 4.78 is 9.35. The average Bonchev–Trinajstić information content (AvgIpc) is 2.57. The van der Waals surface area contributed by atoms with Crippen LogP contribution in [0.5, 0.6) is 11.5 Å². The molecule has 1 atom stereocenters. The van der Waals surface area contributed by atoms with Gasteiger partial charge in [-0.2, -0.15) is 0 Å². The molecule has 0 fully saturated rings. The van der Waals surface area contributed by atoms with Gasteiger partial charge in [-0.25, -0.2) is 9.59 Å². The number of phenols is 2. The van der Waals surface area contributed by atoms with Crippen LogP contribution in [0, 0.1) is 0 Å². The molecule has 4 N–H and O–H groups in total. The lowest BCUT2D eigenvalue weighted by molar-refractivity contribution is -0.141. The topological polar surface area (TPSA) is 119 Å². The molecule has 1 unspecified atom stereocenters. The molecule has 7 nitrogen and oxygen atoms in total. The van der Waals surface area contributed by atoms with Gasteiger partial charge in [-0.05, 0) is 29.7 Å². The molecule has 0 saturated carbocycles. The van der Waals surface area contributed by atoms with Gasteiger partial charge in [-0.3, -0.25) is 0 Å². The Bertz CT molecular complexity index is 716. The average molecular weight is 331 g/mol. The molecule has 0 aromatic heterocycles. The van der Waals surface area contributed by atoms with Crippen LogP contribution in [0.1, 0.15) is 11.1 Å². The molecular weight excluding hydrogens is 314 g/mol. The Labute approximate surface area is 138 Å². The second-order valence-electron chi connectivity index (χ2n) is 5.08. The van der Waals surface area contributed by atoms with Crippen LogP contribution in [0.25, 0.3) is 0 Å². The summed E-state index contributed by atoms with van der Waals surface area (Å²) in [4.78, 5) is 23.2. The summed E-state index contributed by atoms with van der Waals surface area (Å²) in [7, 11) is 0. The van der Waals surface area contributed by atoms with Gasteiger partial charge in [0.05, 0.1) is 0 Å². The van der Waals surface area contributed by atoms with Gasteiger partial charge in [0, 0.05) is 0 Å². The van der Waals surface area contributed by atoms with E-state index >= 15 is 0 Å². The fraction of sp³-hybridized carbons (Fsp3) is 0.176. The minimum Gasteiger partial charge on any atom is -0.504 e. The summed E-state index contributed by atoms with van der Waals surface area (Å²) in [5, 5.41) is 18.6. The molecule has 126 valence electrons. The third-order valence-corrected chi connectivity index (χ3v) is 3.18. The maximum Gasteiger partial charge on any atom is 0.516 e. The van der Waals surface area contributed by atoms with E-state index in [1.54, 1.807) is 24.3 Å². The molecule has 0 amide bonds. The molecule has 0 spiro atoms. The fourth-order valence-corrected chi connectivity index (χ4v) is 1.94. The second kappa shape index (κ2) is 7.98. The largest absolute Gasteiger partial charge is 0.516 e. The number of carbonyl (C=O) groups is 2. The highest BCUT2D eigenvalue weighted by Gasteiger charge is 2.20. The highest BCUT2D eigenvalue weighted by molar-refractivity contribution is 5.85. The Balaban J connectivity index is 1.82. The summed E-state index contributed by atoms with van der Waals surface area (Å²) in [5.41, 5.74) is 6.93. The number of rotatable bonds is 5. The number of hydrogen-bond acceptors (Lipinski definition) is 7. The molecule has 7 heteroatoms. The first-order chi connectivity index (χ1) is 11.5. The number of benzene rings is 2. The summed E-state index contributed by atoms with van der Waals surface area (Å²) in [6, 6.07) is 11.9. The summed E-state index contributed by atoms with van der Waals surface area (Å²) in [5.74, 6) is -1.55. The van der Waals surface area contributed by atoms with Crippen molar-refractivity contribution in [1.82, 2.24) is 0 Å². The zero-order valence-electron chi connectivity index (χ0n) is 12.7. The maximum absolute atomic E-state index is 11.8. The van der Waals surface area contributed by atoms with Gasteiger partial charge in [0.25, 0.3) is 0 Å². The van der Waals surface area contributed by atoms with E-state index in [-0.39, 0.29) is 24.5 Å². The Morgan fingerprint density at radius 1 is 1.00 bits per heavy atom. The van der Waals surface area contributed by atoms with E-state index in [2.05, 4.69) is 4.74 Å². The van der Waals surface area contributed by atoms with Crippen LogP contribution in [0.2, 0.25) is 0 Å². The second-order valence-corrected chi connectivity index (χ2v) is 5.08. The number of esters is 1. The lowest BCUT2D eigenvalue weighted by atomic mass is 10.1. The first-order valence-corrected chi connectivity index (χ1v) is 7.14. The molecule has 0 aliphatic rings. The first kappa shape index (κ1) is 17.3. The highest BCUT2D eigenvalue weighted by atomic mass is 16.7. The number of aromatic hydroxyl groups is 2. The molecule has 24 heavy (non-hydrogen) atoms. The Hall–Kier alpha value is -3.06. The highest BCUT2D eigenvalue weighted by Crippen LogP contribution is 2.25. The van der Waals surface area contributed by atoms with Gasteiger partial charge >= 0.3 is 12.1 Å².